The van der Waals surface area contributed by atoms with Crippen LogP contribution >= 0.6 is 0 Å². The zero-order valence-electron chi connectivity index (χ0n) is 94.6. The van der Waals surface area contributed by atoms with Crippen molar-refractivity contribution in [1.82, 2.24) is 19.9 Å². The van der Waals surface area contributed by atoms with E-state index in [2.05, 4.69) is 301 Å². The van der Waals surface area contributed by atoms with Crippen molar-refractivity contribution in [2.75, 3.05) is 0 Å². The number of aryl methyl sites for hydroxylation is 8. The Morgan fingerprint density at radius 1 is 0.265 bits per heavy atom. The summed E-state index contributed by atoms with van der Waals surface area (Å²) in [6, 6.07) is 66.3. The molecule has 4 atom stereocenters. The van der Waals surface area contributed by atoms with E-state index in [-0.39, 0.29) is 174 Å². The molecule has 0 bridgehead atoms. The van der Waals surface area contributed by atoms with Crippen molar-refractivity contribution in [2.24, 2.45) is 65.1 Å². The van der Waals surface area contributed by atoms with Gasteiger partial charge >= 0.3 is 0 Å². The minimum Gasteiger partial charge on any atom is -0.512 e. The molecule has 12 rings (SSSR count). The molecular formula is C131H174Ir4N4O8-4. The number of aromatic nitrogens is 4. The van der Waals surface area contributed by atoms with Crippen LogP contribution in [0.25, 0.3) is 88.1 Å². The molecule has 0 aliphatic rings. The molecule has 0 fully saturated rings. The van der Waals surface area contributed by atoms with Crippen molar-refractivity contribution in [1.29, 1.82) is 0 Å². The summed E-state index contributed by atoms with van der Waals surface area (Å²) in [6.45, 7) is 66.5. The molecule has 0 aliphatic carbocycles. The van der Waals surface area contributed by atoms with Gasteiger partial charge in [-0.3, -0.25) is 19.2 Å². The number of rotatable bonds is 35. The smallest absolute Gasteiger partial charge is 0.162 e. The maximum Gasteiger partial charge on any atom is 0.162 e. The topological polar surface area (TPSA) is 201 Å². The Bertz CT molecular complexity index is 5870. The summed E-state index contributed by atoms with van der Waals surface area (Å²) in [7, 11) is 0. The van der Waals surface area contributed by atoms with Crippen LogP contribution in [0.15, 0.2) is 218 Å². The van der Waals surface area contributed by atoms with Crippen LogP contribution in [0.1, 0.15) is 316 Å². The Hall–Kier alpha value is -9.16. The molecule has 4 radical (unpaired) electrons. The van der Waals surface area contributed by atoms with Gasteiger partial charge in [0, 0.05) is 177 Å². The molecule has 4 aromatic heterocycles. The summed E-state index contributed by atoms with van der Waals surface area (Å²) in [5, 5.41) is 48.3. The van der Waals surface area contributed by atoms with E-state index in [9.17, 15) is 39.6 Å². The molecule has 0 spiro atoms. The maximum absolute atomic E-state index is 11.7. The number of pyridine rings is 4. The molecule has 8 aromatic carbocycles. The zero-order valence-corrected chi connectivity index (χ0v) is 104. The maximum atomic E-state index is 11.7. The zero-order chi connectivity index (χ0) is 107. The molecule has 806 valence electrons. The van der Waals surface area contributed by atoms with Crippen LogP contribution in [0.5, 0.6) is 0 Å². The Morgan fingerprint density at radius 2 is 0.517 bits per heavy atom. The molecule has 4 heterocycles. The molecule has 4 unspecified atom stereocenters. The van der Waals surface area contributed by atoms with E-state index in [0.717, 1.165) is 164 Å². The van der Waals surface area contributed by atoms with Gasteiger partial charge in [-0.2, -0.15) is 0 Å². The number of ketones is 4. The number of aliphatic hydroxyl groups is 4. The fourth-order valence-electron chi connectivity index (χ4n) is 17.2. The largest absolute Gasteiger partial charge is 0.512 e. The number of fused-ring (bicyclic) bond motifs is 4. The summed E-state index contributed by atoms with van der Waals surface area (Å²) in [6.07, 6.45) is 26.8. The number of hydrogen-bond donors (Lipinski definition) is 4. The summed E-state index contributed by atoms with van der Waals surface area (Å²) in [5.74, 6) is 4.33. The van der Waals surface area contributed by atoms with Crippen LogP contribution in [-0.2, 0) is 119 Å². The summed E-state index contributed by atoms with van der Waals surface area (Å²) in [5.41, 5.74) is 23.6. The summed E-state index contributed by atoms with van der Waals surface area (Å²) >= 11 is 0. The third-order valence-corrected chi connectivity index (χ3v) is 26.7. The Morgan fingerprint density at radius 3 is 0.782 bits per heavy atom. The number of nitrogens with zero attached hydrogens (tertiary/aromatic N) is 4. The standard InChI is InChI=1S/3C21H22N.C20H20N.2C13H24O2.2C11H20O2.4Ir/c1-14(2)9-17-5-6-20-18(13-17)7-8-22-21(20)19-11-15(3)10-16(4)12-19;2*1-14(2)9-17-5-6-18-7-8-22-21(20(18)13-17)19-11-15(3)10-16(4)12-19;1-13(2)16-5-6-19-17(12-16)7-8-21-20(19)18-10-14(3)9-15(4)11-18;2*1-5-10(6-2)12(14)9-13(15)11(7-3)8-4;2*1-5-8(3)10(12)7-11(13)9(4)6-2;;;;/h3*5-8,10-11,13-14H,9H2,1-4H3;5-10,12-13H,1-4H3;2*9-11,14H,5-8H2,1-4H3;2*7-9,12H,5-6H2,1-4H3;;;;/q4*-1;;;;;;;;. The van der Waals surface area contributed by atoms with Gasteiger partial charge in [-0.15, -0.1) is 140 Å². The van der Waals surface area contributed by atoms with Gasteiger partial charge in [0.25, 0.3) is 0 Å². The van der Waals surface area contributed by atoms with Crippen molar-refractivity contribution in [3.05, 3.63) is 309 Å². The minimum absolute atomic E-state index is 0. The molecule has 0 saturated heterocycles. The first-order valence-electron chi connectivity index (χ1n) is 53.2. The van der Waals surface area contributed by atoms with Crippen LogP contribution in [-0.4, -0.2) is 63.5 Å². The van der Waals surface area contributed by atoms with E-state index in [1.807, 2.05) is 136 Å². The first kappa shape index (κ1) is 136. The number of carbonyl (C=O) groups excluding carboxylic acids is 4. The molecule has 147 heavy (non-hydrogen) atoms. The average Bonchev–Trinajstić information content (AvgIpc) is 0.803. The molecule has 12 nitrogen and oxygen atoms in total. The summed E-state index contributed by atoms with van der Waals surface area (Å²) < 4.78 is 0. The van der Waals surface area contributed by atoms with Gasteiger partial charge in [0.15, 0.2) is 23.1 Å². The number of benzene rings is 8. The Labute approximate surface area is 940 Å². The first-order valence-corrected chi connectivity index (χ1v) is 53.2. The fraction of sp³-hybridized carbons (Fsp3) is 0.450. The molecule has 0 aliphatic heterocycles. The molecular weight excluding hydrogens is 2530 g/mol. The Kier molecular flexibility index (Phi) is 64.7. The van der Waals surface area contributed by atoms with E-state index >= 15 is 0 Å². The minimum atomic E-state index is 0. The normalized spacial score (nSPS) is 12.2. The van der Waals surface area contributed by atoms with Crippen molar-refractivity contribution < 1.29 is 120 Å². The molecule has 4 N–H and O–H groups in total. The predicted octanol–water partition coefficient (Wildman–Crippen LogP) is 35.9. The van der Waals surface area contributed by atoms with E-state index in [0.29, 0.717) is 23.7 Å². The number of hydrogen-bond acceptors (Lipinski definition) is 12. The average molecular weight is 2700 g/mol. The fourth-order valence-corrected chi connectivity index (χ4v) is 17.2. The van der Waals surface area contributed by atoms with Gasteiger partial charge in [-0.05, 0) is 232 Å². The SMILES string of the molecule is CCC(C)C(=O)C=C(O)C(C)CC.CCC(C)C(=O)C=C(O)C(C)CC.CCC(CC)C(=O)C=C(O)C(CC)CC.CCC(CC)C(=O)C=C(O)C(CC)CC.Cc1[c-]c(-c2nccc3cc(C(C)C)ccc23)cc(C)c1.Cc1[c-]c(-c2nccc3cc(CC(C)C)ccc23)cc(C)c1.Cc1[c-]c(-c2nccc3ccc(CC(C)C)cc23)cc(C)c1.Cc1[c-]c(-c2nccc3ccc(CC(C)C)cc23)cc(C)c1.[Ir].[Ir].[Ir].[Ir]. The number of carbonyl (C=O) groups is 4. The van der Waals surface area contributed by atoms with Crippen LogP contribution < -0.4 is 0 Å². The van der Waals surface area contributed by atoms with Gasteiger partial charge in [-0.25, -0.2) is 0 Å². The van der Waals surface area contributed by atoms with Crippen LogP contribution in [0, 0.1) is 145 Å². The van der Waals surface area contributed by atoms with Crippen molar-refractivity contribution in [2.45, 2.75) is 324 Å². The second-order valence-corrected chi connectivity index (χ2v) is 40.9. The number of allylic oxidation sites excluding steroid dienone is 8. The molecule has 16 heteroatoms. The van der Waals surface area contributed by atoms with Crippen LogP contribution in [0.2, 0.25) is 0 Å². The van der Waals surface area contributed by atoms with Crippen molar-refractivity contribution in [3.8, 4) is 45.0 Å². The van der Waals surface area contributed by atoms with E-state index in [4.69, 9.17) is 0 Å². The third-order valence-electron chi connectivity index (χ3n) is 26.7. The molecule has 12 aromatic rings. The van der Waals surface area contributed by atoms with Crippen LogP contribution in [0.3, 0.4) is 0 Å². The molecule has 0 saturated carbocycles. The summed E-state index contributed by atoms with van der Waals surface area (Å²) in [4.78, 5) is 64.7. The third kappa shape index (κ3) is 45.1. The predicted molar refractivity (Wildman–Crippen MR) is 609 cm³/mol. The second-order valence-electron chi connectivity index (χ2n) is 40.9. The quantitative estimate of drug-likeness (QED) is 0.0167. The van der Waals surface area contributed by atoms with Gasteiger partial charge in [0.1, 0.15) is 0 Å². The monoisotopic (exact) mass is 2700 g/mol. The van der Waals surface area contributed by atoms with Gasteiger partial charge in [-0.1, -0.05) is 294 Å². The second kappa shape index (κ2) is 70.1. The van der Waals surface area contributed by atoms with Crippen LogP contribution in [0.4, 0.5) is 0 Å². The van der Waals surface area contributed by atoms with Gasteiger partial charge in [0.05, 0.1) is 23.0 Å². The number of aliphatic hydroxyl groups excluding tert-OH is 4. The van der Waals surface area contributed by atoms with Gasteiger partial charge in [0.2, 0.25) is 0 Å². The molecule has 0 amide bonds. The van der Waals surface area contributed by atoms with E-state index < -0.39 is 0 Å². The van der Waals surface area contributed by atoms with Crippen molar-refractivity contribution >= 4 is 66.2 Å². The van der Waals surface area contributed by atoms with E-state index in [1.54, 1.807) is 0 Å². The van der Waals surface area contributed by atoms with Crippen molar-refractivity contribution in [3.63, 3.8) is 0 Å². The first-order chi connectivity index (χ1) is 67.9. The Balaban J connectivity index is 0.000000845. The van der Waals surface area contributed by atoms with E-state index in [1.165, 1.54) is 112 Å². The van der Waals surface area contributed by atoms with Gasteiger partial charge < -0.3 is 40.4 Å².